The van der Waals surface area contributed by atoms with Crippen molar-refractivity contribution in [1.29, 1.82) is 0 Å². The molecular weight excluding hydrogens is 337 g/mol. The van der Waals surface area contributed by atoms with Crippen LogP contribution in [0.3, 0.4) is 0 Å². The maximum absolute atomic E-state index is 14.6. The van der Waals surface area contributed by atoms with Crippen LogP contribution in [0.5, 0.6) is 5.75 Å². The number of nitrogens with zero attached hydrogens (tertiary/aromatic N) is 1. The van der Waals surface area contributed by atoms with Crippen LogP contribution >= 0.6 is 0 Å². The van der Waals surface area contributed by atoms with Crippen LogP contribution in [0.2, 0.25) is 0 Å². The van der Waals surface area contributed by atoms with Gasteiger partial charge in [-0.25, -0.2) is 9.18 Å². The first-order valence-corrected chi connectivity index (χ1v) is 8.49. The number of carboxylic acid groups (broad SMARTS) is 1. The second-order valence-electron chi connectivity index (χ2n) is 6.27. The third-order valence-electron chi connectivity index (χ3n) is 4.67. The largest absolute Gasteiger partial charge is 0.497 e. The number of methoxy groups -OCH3 is 1. The molecule has 1 atom stereocenters. The number of carboxylic acids is 1. The van der Waals surface area contributed by atoms with E-state index in [1.807, 2.05) is 0 Å². The van der Waals surface area contributed by atoms with Crippen LogP contribution < -0.4 is 4.74 Å². The molecule has 136 valence electrons. The van der Waals surface area contributed by atoms with E-state index >= 15 is 0 Å². The maximum atomic E-state index is 14.6. The van der Waals surface area contributed by atoms with Gasteiger partial charge in [0.05, 0.1) is 12.7 Å². The van der Waals surface area contributed by atoms with E-state index in [4.69, 9.17) is 4.74 Å². The standard InChI is InChI=1S/C20H20FNO4/c1-26-15-8-5-13(6-9-15)14-7-10-16(17(21)12-14)19(23)22-11-3-2-4-18(22)20(24)25/h5-10,12,18H,2-4,11H2,1H3,(H,24,25)/t18-/m1/s1. The molecule has 0 spiro atoms. The number of carbonyl (C=O) groups excluding carboxylic acids is 1. The number of ether oxygens (including phenoxy) is 1. The first kappa shape index (κ1) is 17.9. The second-order valence-corrected chi connectivity index (χ2v) is 6.27. The maximum Gasteiger partial charge on any atom is 0.326 e. The molecule has 0 unspecified atom stereocenters. The lowest BCUT2D eigenvalue weighted by atomic mass is 9.99. The molecule has 1 amide bonds. The molecule has 0 radical (unpaired) electrons. The average Bonchev–Trinajstić information content (AvgIpc) is 2.67. The number of hydrogen-bond donors (Lipinski definition) is 1. The molecule has 1 fully saturated rings. The Morgan fingerprint density at radius 2 is 1.81 bits per heavy atom. The van der Waals surface area contributed by atoms with Gasteiger partial charge in [-0.1, -0.05) is 18.2 Å². The van der Waals surface area contributed by atoms with Crippen molar-refractivity contribution < 1.29 is 23.8 Å². The van der Waals surface area contributed by atoms with E-state index in [2.05, 4.69) is 0 Å². The van der Waals surface area contributed by atoms with E-state index in [1.165, 1.54) is 17.0 Å². The van der Waals surface area contributed by atoms with Crippen molar-refractivity contribution in [3.8, 4) is 16.9 Å². The lowest BCUT2D eigenvalue weighted by molar-refractivity contribution is -0.143. The molecule has 1 heterocycles. The average molecular weight is 357 g/mol. The Kier molecular flexibility index (Phi) is 5.21. The van der Waals surface area contributed by atoms with Crippen molar-refractivity contribution >= 4 is 11.9 Å². The van der Waals surface area contributed by atoms with E-state index in [0.717, 1.165) is 18.4 Å². The fourth-order valence-corrected chi connectivity index (χ4v) is 3.24. The summed E-state index contributed by atoms with van der Waals surface area (Å²) in [5.74, 6) is -1.58. The molecule has 0 aromatic heterocycles. The van der Waals surface area contributed by atoms with E-state index in [-0.39, 0.29) is 5.56 Å². The highest BCUT2D eigenvalue weighted by atomic mass is 19.1. The van der Waals surface area contributed by atoms with Crippen molar-refractivity contribution in [2.45, 2.75) is 25.3 Å². The molecule has 1 N–H and O–H groups in total. The number of likely N-dealkylation sites (tertiary alicyclic amines) is 1. The minimum atomic E-state index is -1.05. The number of carbonyl (C=O) groups is 2. The van der Waals surface area contributed by atoms with Gasteiger partial charge in [0, 0.05) is 6.54 Å². The zero-order valence-corrected chi connectivity index (χ0v) is 14.4. The van der Waals surface area contributed by atoms with Crippen molar-refractivity contribution in [3.63, 3.8) is 0 Å². The van der Waals surface area contributed by atoms with Crippen LogP contribution in [0.15, 0.2) is 42.5 Å². The van der Waals surface area contributed by atoms with Crippen molar-refractivity contribution in [2.24, 2.45) is 0 Å². The van der Waals surface area contributed by atoms with Crippen LogP contribution in [0.25, 0.3) is 11.1 Å². The Morgan fingerprint density at radius 1 is 1.12 bits per heavy atom. The van der Waals surface area contributed by atoms with Gasteiger partial charge in [-0.05, 0) is 54.7 Å². The number of amides is 1. The third-order valence-corrected chi connectivity index (χ3v) is 4.67. The summed E-state index contributed by atoms with van der Waals surface area (Å²) in [5, 5.41) is 9.31. The van der Waals surface area contributed by atoms with Gasteiger partial charge in [0.2, 0.25) is 0 Å². The zero-order valence-electron chi connectivity index (χ0n) is 14.4. The van der Waals surface area contributed by atoms with E-state index in [0.29, 0.717) is 24.3 Å². The molecule has 0 saturated carbocycles. The van der Waals surface area contributed by atoms with Gasteiger partial charge in [-0.3, -0.25) is 4.79 Å². The van der Waals surface area contributed by atoms with Crippen LogP contribution in [0.4, 0.5) is 4.39 Å². The predicted molar refractivity (Wildman–Crippen MR) is 94.7 cm³/mol. The van der Waals surface area contributed by atoms with Gasteiger partial charge in [0.25, 0.3) is 5.91 Å². The quantitative estimate of drug-likeness (QED) is 0.908. The molecule has 0 aliphatic carbocycles. The van der Waals surface area contributed by atoms with Gasteiger partial charge < -0.3 is 14.7 Å². The summed E-state index contributed by atoms with van der Waals surface area (Å²) < 4.78 is 19.7. The molecule has 2 aromatic carbocycles. The molecular formula is C20H20FNO4. The van der Waals surface area contributed by atoms with E-state index in [1.54, 1.807) is 37.4 Å². The van der Waals surface area contributed by atoms with Gasteiger partial charge in [-0.15, -0.1) is 0 Å². The minimum Gasteiger partial charge on any atom is -0.497 e. The summed E-state index contributed by atoms with van der Waals surface area (Å²) >= 11 is 0. The van der Waals surface area contributed by atoms with Crippen molar-refractivity contribution in [3.05, 3.63) is 53.8 Å². The van der Waals surface area contributed by atoms with Gasteiger partial charge in [-0.2, -0.15) is 0 Å². The van der Waals surface area contributed by atoms with Crippen molar-refractivity contribution in [2.75, 3.05) is 13.7 Å². The summed E-state index contributed by atoms with van der Waals surface area (Å²) in [6.45, 7) is 0.329. The Morgan fingerprint density at radius 3 is 2.42 bits per heavy atom. The molecule has 1 saturated heterocycles. The SMILES string of the molecule is COc1ccc(-c2ccc(C(=O)N3CCCC[C@@H]3C(=O)O)c(F)c2)cc1. The van der Waals surface area contributed by atoms with Crippen molar-refractivity contribution in [1.82, 2.24) is 4.90 Å². The van der Waals surface area contributed by atoms with Gasteiger partial charge >= 0.3 is 5.97 Å². The monoisotopic (exact) mass is 357 g/mol. The highest BCUT2D eigenvalue weighted by molar-refractivity contribution is 5.97. The van der Waals surface area contributed by atoms with E-state index < -0.39 is 23.7 Å². The molecule has 2 aromatic rings. The Labute approximate surface area is 151 Å². The molecule has 26 heavy (non-hydrogen) atoms. The second kappa shape index (κ2) is 7.56. The molecule has 0 bridgehead atoms. The van der Waals surface area contributed by atoms with Crippen LogP contribution in [-0.4, -0.2) is 41.6 Å². The summed E-state index contributed by atoms with van der Waals surface area (Å²) in [6, 6.07) is 10.7. The normalized spacial score (nSPS) is 17.0. The fraction of sp³-hybridized carbons (Fsp3) is 0.300. The molecule has 1 aliphatic heterocycles. The summed E-state index contributed by atoms with van der Waals surface area (Å²) in [6.07, 6.45) is 1.87. The lowest BCUT2D eigenvalue weighted by Crippen LogP contribution is -2.48. The highest BCUT2D eigenvalue weighted by Crippen LogP contribution is 2.26. The smallest absolute Gasteiger partial charge is 0.326 e. The predicted octanol–water partition coefficient (Wildman–Crippen LogP) is 3.58. The molecule has 6 heteroatoms. The van der Waals surface area contributed by atoms with Gasteiger partial charge in [0.15, 0.2) is 0 Å². The molecule has 1 aliphatic rings. The Hall–Kier alpha value is -2.89. The Balaban J connectivity index is 1.86. The first-order chi connectivity index (χ1) is 12.5. The number of piperidine rings is 1. The number of halogens is 1. The molecule has 3 rings (SSSR count). The van der Waals surface area contributed by atoms with Gasteiger partial charge in [0.1, 0.15) is 17.6 Å². The highest BCUT2D eigenvalue weighted by Gasteiger charge is 2.33. The Bertz CT molecular complexity index is 819. The number of rotatable bonds is 4. The van der Waals surface area contributed by atoms with Crippen LogP contribution in [0.1, 0.15) is 29.6 Å². The summed E-state index contributed by atoms with van der Waals surface area (Å²) in [5.41, 5.74) is 1.33. The minimum absolute atomic E-state index is 0.101. The summed E-state index contributed by atoms with van der Waals surface area (Å²) in [7, 11) is 1.57. The number of hydrogen-bond acceptors (Lipinski definition) is 3. The summed E-state index contributed by atoms with van der Waals surface area (Å²) in [4.78, 5) is 25.3. The topological polar surface area (TPSA) is 66.8 Å². The number of aliphatic carboxylic acids is 1. The molecule has 5 nitrogen and oxygen atoms in total. The third kappa shape index (κ3) is 3.54. The first-order valence-electron chi connectivity index (χ1n) is 8.49. The van der Waals surface area contributed by atoms with Crippen LogP contribution in [0, 0.1) is 5.82 Å². The lowest BCUT2D eigenvalue weighted by Gasteiger charge is -2.33. The fourth-order valence-electron chi connectivity index (χ4n) is 3.24. The van der Waals surface area contributed by atoms with E-state index in [9.17, 15) is 19.1 Å². The zero-order chi connectivity index (χ0) is 18.7. The van der Waals surface area contributed by atoms with Crippen LogP contribution in [-0.2, 0) is 4.79 Å². The number of benzene rings is 2.